The topological polar surface area (TPSA) is 32.3 Å². The molecule has 0 saturated carbocycles. The molecule has 25 heavy (non-hydrogen) atoms. The number of benzene rings is 2. The Bertz CT molecular complexity index is 702. The fourth-order valence-electron chi connectivity index (χ4n) is 3.45. The molecule has 3 atom stereocenters. The van der Waals surface area contributed by atoms with Gasteiger partial charge in [0.15, 0.2) is 0 Å². The number of halogens is 1. The van der Waals surface area contributed by atoms with Gasteiger partial charge in [-0.15, -0.1) is 0 Å². The van der Waals surface area contributed by atoms with Crippen LogP contribution in [0.5, 0.6) is 0 Å². The van der Waals surface area contributed by atoms with Crippen molar-refractivity contribution in [3.63, 3.8) is 0 Å². The first-order chi connectivity index (χ1) is 12.0. The summed E-state index contributed by atoms with van der Waals surface area (Å²) in [5.74, 6) is -0.165. The summed E-state index contributed by atoms with van der Waals surface area (Å²) in [6.45, 7) is 3.10. The van der Waals surface area contributed by atoms with Crippen molar-refractivity contribution in [3.8, 4) is 0 Å². The van der Waals surface area contributed by atoms with E-state index in [0.29, 0.717) is 6.04 Å². The quantitative estimate of drug-likeness (QED) is 0.919. The molecule has 0 aromatic heterocycles. The van der Waals surface area contributed by atoms with Crippen LogP contribution in [0.3, 0.4) is 0 Å². The van der Waals surface area contributed by atoms with Gasteiger partial charge in [-0.1, -0.05) is 42.5 Å². The summed E-state index contributed by atoms with van der Waals surface area (Å²) >= 11 is 0. The third kappa shape index (κ3) is 4.26. The average molecular weight is 340 g/mol. The molecule has 3 rings (SSSR count). The molecule has 0 radical (unpaired) electrons. The molecule has 0 aliphatic carbocycles. The van der Waals surface area contributed by atoms with Crippen molar-refractivity contribution >= 4 is 5.91 Å². The van der Waals surface area contributed by atoms with Gasteiger partial charge < -0.3 is 10.2 Å². The fraction of sp³-hybridized carbons (Fsp3) is 0.381. The van der Waals surface area contributed by atoms with Gasteiger partial charge in [0, 0.05) is 12.0 Å². The second kappa shape index (κ2) is 7.79. The lowest BCUT2D eigenvalue weighted by Crippen LogP contribution is -2.44. The Balaban J connectivity index is 1.80. The summed E-state index contributed by atoms with van der Waals surface area (Å²) < 4.78 is 13.3. The highest BCUT2D eigenvalue weighted by Gasteiger charge is 2.29. The van der Waals surface area contributed by atoms with E-state index < -0.39 is 0 Å². The van der Waals surface area contributed by atoms with Crippen molar-refractivity contribution in [2.24, 2.45) is 5.92 Å². The van der Waals surface area contributed by atoms with Gasteiger partial charge in [0.25, 0.3) is 0 Å². The zero-order valence-corrected chi connectivity index (χ0v) is 14.8. The minimum Gasteiger partial charge on any atom is -0.345 e. The first kappa shape index (κ1) is 17.6. The van der Waals surface area contributed by atoms with Gasteiger partial charge in [-0.3, -0.25) is 4.79 Å². The van der Waals surface area contributed by atoms with Crippen LogP contribution in [0.15, 0.2) is 54.6 Å². The van der Waals surface area contributed by atoms with Crippen LogP contribution in [0.1, 0.15) is 36.9 Å². The third-order valence-electron chi connectivity index (χ3n) is 5.20. The van der Waals surface area contributed by atoms with Gasteiger partial charge in [-0.25, -0.2) is 4.39 Å². The Morgan fingerprint density at radius 2 is 1.76 bits per heavy atom. The van der Waals surface area contributed by atoms with E-state index in [1.54, 1.807) is 12.1 Å². The minimum atomic E-state index is -0.272. The van der Waals surface area contributed by atoms with Crippen molar-refractivity contribution in [1.82, 2.24) is 10.2 Å². The SMILES string of the molecule is C[C@H]1C[C@@H](C(=O)NC(c2ccccc2)c2ccc(F)cc2)CCN1C. The summed E-state index contributed by atoms with van der Waals surface area (Å²) in [7, 11) is 2.10. The van der Waals surface area contributed by atoms with E-state index in [1.165, 1.54) is 12.1 Å². The molecule has 2 aromatic carbocycles. The van der Waals surface area contributed by atoms with Gasteiger partial charge in [0.2, 0.25) is 5.91 Å². The zero-order valence-electron chi connectivity index (χ0n) is 14.8. The molecule has 1 aliphatic heterocycles. The molecule has 1 saturated heterocycles. The van der Waals surface area contributed by atoms with Crippen molar-refractivity contribution in [3.05, 3.63) is 71.5 Å². The maximum atomic E-state index is 13.3. The lowest BCUT2D eigenvalue weighted by atomic mass is 9.90. The highest BCUT2D eigenvalue weighted by Crippen LogP contribution is 2.26. The van der Waals surface area contributed by atoms with Crippen LogP contribution in [-0.2, 0) is 4.79 Å². The largest absolute Gasteiger partial charge is 0.345 e. The minimum absolute atomic E-state index is 0.0258. The number of likely N-dealkylation sites (tertiary alicyclic amines) is 1. The fourth-order valence-corrected chi connectivity index (χ4v) is 3.45. The molecule has 1 heterocycles. The predicted molar refractivity (Wildman–Crippen MR) is 97.6 cm³/mol. The highest BCUT2D eigenvalue weighted by molar-refractivity contribution is 5.79. The molecule has 1 fully saturated rings. The molecule has 3 nitrogen and oxygen atoms in total. The van der Waals surface area contributed by atoms with Crippen LogP contribution in [0, 0.1) is 11.7 Å². The normalized spacial score (nSPS) is 22.4. The monoisotopic (exact) mass is 340 g/mol. The summed E-state index contributed by atoms with van der Waals surface area (Å²) in [5.41, 5.74) is 1.89. The van der Waals surface area contributed by atoms with Crippen LogP contribution < -0.4 is 5.32 Å². The standard InChI is InChI=1S/C21H25FN2O/c1-15-14-18(12-13-24(15)2)21(25)23-20(16-6-4-3-5-7-16)17-8-10-19(22)11-9-17/h3-11,15,18,20H,12-14H2,1-2H3,(H,23,25)/t15-,18-,20?/m0/s1. The van der Waals surface area contributed by atoms with Gasteiger partial charge in [0.1, 0.15) is 5.82 Å². The molecule has 0 bridgehead atoms. The van der Waals surface area contributed by atoms with E-state index in [9.17, 15) is 9.18 Å². The number of nitrogens with one attached hydrogen (secondary N) is 1. The van der Waals surface area contributed by atoms with Gasteiger partial charge in [-0.05, 0) is 56.6 Å². The summed E-state index contributed by atoms with van der Waals surface area (Å²) in [4.78, 5) is 15.2. The summed E-state index contributed by atoms with van der Waals surface area (Å²) in [5, 5.41) is 3.19. The van der Waals surface area contributed by atoms with E-state index in [1.807, 2.05) is 30.3 Å². The Kier molecular flexibility index (Phi) is 5.49. The summed E-state index contributed by atoms with van der Waals surface area (Å²) in [6.07, 6.45) is 1.74. The zero-order chi connectivity index (χ0) is 17.8. The molecule has 4 heteroatoms. The van der Waals surface area contributed by atoms with E-state index in [4.69, 9.17) is 0 Å². The number of rotatable bonds is 4. The van der Waals surface area contributed by atoms with Crippen LogP contribution >= 0.6 is 0 Å². The second-order valence-electron chi connectivity index (χ2n) is 6.95. The predicted octanol–water partition coefficient (Wildman–Crippen LogP) is 3.76. The number of carbonyl (C=O) groups excluding carboxylic acids is 1. The number of piperidine rings is 1. The maximum Gasteiger partial charge on any atom is 0.223 e. The van der Waals surface area contributed by atoms with Crippen molar-refractivity contribution in [2.45, 2.75) is 31.8 Å². The number of hydrogen-bond donors (Lipinski definition) is 1. The van der Waals surface area contributed by atoms with Gasteiger partial charge >= 0.3 is 0 Å². The molecule has 1 amide bonds. The second-order valence-corrected chi connectivity index (χ2v) is 6.95. The number of hydrogen-bond acceptors (Lipinski definition) is 2. The van der Waals surface area contributed by atoms with E-state index in [2.05, 4.69) is 24.2 Å². The Morgan fingerprint density at radius 1 is 1.12 bits per heavy atom. The maximum absolute atomic E-state index is 13.3. The van der Waals surface area contributed by atoms with Gasteiger partial charge in [0.05, 0.1) is 6.04 Å². The Labute approximate surface area is 148 Å². The van der Waals surface area contributed by atoms with Crippen LogP contribution in [0.2, 0.25) is 0 Å². The third-order valence-corrected chi connectivity index (χ3v) is 5.20. The molecule has 2 aromatic rings. The van der Waals surface area contributed by atoms with Gasteiger partial charge in [-0.2, -0.15) is 0 Å². The number of carbonyl (C=O) groups is 1. The lowest BCUT2D eigenvalue weighted by molar-refractivity contribution is -0.127. The summed E-state index contributed by atoms with van der Waals surface area (Å²) in [6, 6.07) is 16.3. The molecule has 1 unspecified atom stereocenters. The molecular formula is C21H25FN2O. The van der Waals surface area contributed by atoms with E-state index in [-0.39, 0.29) is 23.7 Å². The first-order valence-electron chi connectivity index (χ1n) is 8.85. The van der Waals surface area contributed by atoms with E-state index >= 15 is 0 Å². The number of amides is 1. The first-order valence-corrected chi connectivity index (χ1v) is 8.85. The van der Waals surface area contributed by atoms with E-state index in [0.717, 1.165) is 30.5 Å². The molecule has 132 valence electrons. The molecule has 1 N–H and O–H groups in total. The van der Waals surface area contributed by atoms with Crippen molar-refractivity contribution < 1.29 is 9.18 Å². The van der Waals surface area contributed by atoms with Crippen LogP contribution in [0.25, 0.3) is 0 Å². The average Bonchev–Trinajstić information content (AvgIpc) is 2.63. The number of nitrogens with zero attached hydrogens (tertiary/aromatic N) is 1. The smallest absolute Gasteiger partial charge is 0.223 e. The Morgan fingerprint density at radius 3 is 2.40 bits per heavy atom. The van der Waals surface area contributed by atoms with Crippen molar-refractivity contribution in [2.75, 3.05) is 13.6 Å². The van der Waals surface area contributed by atoms with Crippen LogP contribution in [-0.4, -0.2) is 30.4 Å². The van der Waals surface area contributed by atoms with Crippen molar-refractivity contribution in [1.29, 1.82) is 0 Å². The molecule has 0 spiro atoms. The lowest BCUT2D eigenvalue weighted by Gasteiger charge is -2.35. The highest BCUT2D eigenvalue weighted by atomic mass is 19.1. The molecule has 1 aliphatic rings. The molecular weight excluding hydrogens is 315 g/mol. The van der Waals surface area contributed by atoms with Crippen LogP contribution in [0.4, 0.5) is 4.39 Å². The Hall–Kier alpha value is -2.20.